The Balaban J connectivity index is 4.52. The van der Waals surface area contributed by atoms with Crippen LogP contribution in [0, 0.1) is 0 Å². The van der Waals surface area contributed by atoms with Crippen molar-refractivity contribution in [3.63, 3.8) is 0 Å². The molecule has 1 unspecified atom stereocenters. The van der Waals surface area contributed by atoms with Gasteiger partial charge in [-0.3, -0.25) is 10.1 Å². The van der Waals surface area contributed by atoms with Crippen LogP contribution in [-0.4, -0.2) is 29.7 Å². The fourth-order valence-electron chi connectivity index (χ4n) is 1.26. The number of amides is 1. The average Bonchev–Trinajstić information content (AvgIpc) is 2.14. The molecular formula is C12H26N2O2. The highest BCUT2D eigenvalue weighted by molar-refractivity contribution is 5.84. The van der Waals surface area contributed by atoms with Crippen LogP contribution in [0.3, 0.4) is 0 Å². The lowest BCUT2D eigenvalue weighted by atomic mass is 10.0. The van der Waals surface area contributed by atoms with E-state index in [1.165, 1.54) is 0 Å². The number of carbonyl (C=O) groups is 1. The molecule has 0 aromatic rings. The van der Waals surface area contributed by atoms with Crippen molar-refractivity contribution < 1.29 is 9.53 Å². The Morgan fingerprint density at radius 1 is 1.38 bits per heavy atom. The van der Waals surface area contributed by atoms with Gasteiger partial charge in [0.2, 0.25) is 5.91 Å². The van der Waals surface area contributed by atoms with Crippen molar-refractivity contribution in [2.24, 2.45) is 5.73 Å². The lowest BCUT2D eigenvalue weighted by Gasteiger charge is -2.33. The van der Waals surface area contributed by atoms with Crippen molar-refractivity contribution >= 4 is 5.91 Å². The summed E-state index contributed by atoms with van der Waals surface area (Å²) in [4.78, 5) is 11.4. The molecule has 0 heterocycles. The van der Waals surface area contributed by atoms with E-state index in [0.29, 0.717) is 6.61 Å². The van der Waals surface area contributed by atoms with Crippen LogP contribution in [0.25, 0.3) is 0 Å². The molecule has 0 aliphatic heterocycles. The minimum Gasteiger partial charge on any atom is -0.373 e. The molecule has 0 aliphatic rings. The topological polar surface area (TPSA) is 64.3 Å². The van der Waals surface area contributed by atoms with Gasteiger partial charge in [0, 0.05) is 6.04 Å². The van der Waals surface area contributed by atoms with Crippen LogP contribution >= 0.6 is 0 Å². The molecule has 0 aromatic heterocycles. The zero-order valence-corrected chi connectivity index (χ0v) is 11.4. The first kappa shape index (κ1) is 15.4. The maximum absolute atomic E-state index is 11.4. The lowest BCUT2D eigenvalue weighted by Crippen LogP contribution is -2.59. The molecule has 4 nitrogen and oxygen atoms in total. The summed E-state index contributed by atoms with van der Waals surface area (Å²) in [6.45, 7) is 12.1. The minimum atomic E-state index is -0.805. The van der Waals surface area contributed by atoms with Gasteiger partial charge in [-0.1, -0.05) is 6.92 Å². The highest BCUT2D eigenvalue weighted by Crippen LogP contribution is 2.17. The van der Waals surface area contributed by atoms with E-state index >= 15 is 0 Å². The zero-order chi connectivity index (χ0) is 13.0. The van der Waals surface area contributed by atoms with Crippen molar-refractivity contribution in [1.82, 2.24) is 5.32 Å². The summed E-state index contributed by atoms with van der Waals surface area (Å²) in [6, 6.07) is 0.186. The lowest BCUT2D eigenvalue weighted by molar-refractivity contribution is -0.130. The average molecular weight is 230 g/mol. The summed E-state index contributed by atoms with van der Waals surface area (Å²) in [5.41, 5.74) is 4.38. The van der Waals surface area contributed by atoms with Gasteiger partial charge in [0.05, 0.1) is 12.2 Å². The first-order valence-electron chi connectivity index (χ1n) is 5.84. The van der Waals surface area contributed by atoms with Crippen LogP contribution in [0.4, 0.5) is 0 Å². The number of nitrogens with two attached hydrogens (primary N) is 1. The van der Waals surface area contributed by atoms with Gasteiger partial charge in [-0.25, -0.2) is 0 Å². The first-order valence-corrected chi connectivity index (χ1v) is 5.84. The molecule has 0 radical (unpaired) electrons. The van der Waals surface area contributed by atoms with Crippen LogP contribution in [-0.2, 0) is 9.53 Å². The van der Waals surface area contributed by atoms with Gasteiger partial charge in [0.1, 0.15) is 5.54 Å². The Morgan fingerprint density at radius 2 is 1.88 bits per heavy atom. The summed E-state index contributed by atoms with van der Waals surface area (Å²) < 4.78 is 5.74. The van der Waals surface area contributed by atoms with Crippen LogP contribution in [0.2, 0.25) is 0 Å². The van der Waals surface area contributed by atoms with Gasteiger partial charge in [-0.2, -0.15) is 0 Å². The van der Waals surface area contributed by atoms with Gasteiger partial charge in [-0.15, -0.1) is 0 Å². The molecule has 0 bridgehead atoms. The predicted molar refractivity (Wildman–Crippen MR) is 66.2 cm³/mol. The van der Waals surface area contributed by atoms with Crippen LogP contribution in [0.1, 0.15) is 48.0 Å². The van der Waals surface area contributed by atoms with E-state index in [-0.39, 0.29) is 17.6 Å². The smallest absolute Gasteiger partial charge is 0.239 e. The molecular weight excluding hydrogens is 204 g/mol. The van der Waals surface area contributed by atoms with Gasteiger partial charge >= 0.3 is 0 Å². The molecule has 1 amide bonds. The molecule has 1 atom stereocenters. The largest absolute Gasteiger partial charge is 0.373 e. The third kappa shape index (κ3) is 4.94. The van der Waals surface area contributed by atoms with Crippen LogP contribution in [0.5, 0.6) is 0 Å². The number of primary amides is 1. The summed E-state index contributed by atoms with van der Waals surface area (Å²) >= 11 is 0. The first-order chi connectivity index (χ1) is 7.13. The second kappa shape index (κ2) is 5.64. The van der Waals surface area contributed by atoms with Crippen LogP contribution < -0.4 is 11.1 Å². The van der Waals surface area contributed by atoms with Gasteiger partial charge < -0.3 is 10.5 Å². The van der Waals surface area contributed by atoms with Gasteiger partial charge in [-0.05, 0) is 41.0 Å². The molecule has 3 N–H and O–H groups in total. The van der Waals surface area contributed by atoms with Crippen molar-refractivity contribution in [2.75, 3.05) is 6.61 Å². The Hall–Kier alpha value is -0.610. The fraction of sp³-hybridized carbons (Fsp3) is 0.917. The van der Waals surface area contributed by atoms with Crippen molar-refractivity contribution in [3.05, 3.63) is 0 Å². The van der Waals surface area contributed by atoms with Gasteiger partial charge in [0.25, 0.3) is 0 Å². The van der Waals surface area contributed by atoms with Crippen molar-refractivity contribution in [2.45, 2.75) is 65.1 Å². The third-order valence-corrected chi connectivity index (χ3v) is 2.75. The molecule has 0 rings (SSSR count). The number of hydrogen-bond acceptors (Lipinski definition) is 3. The summed E-state index contributed by atoms with van der Waals surface area (Å²) in [5, 5.41) is 3.15. The number of hydrogen-bond donors (Lipinski definition) is 2. The molecule has 0 saturated carbocycles. The van der Waals surface area contributed by atoms with E-state index < -0.39 is 5.54 Å². The van der Waals surface area contributed by atoms with E-state index in [2.05, 4.69) is 12.2 Å². The summed E-state index contributed by atoms with van der Waals surface area (Å²) in [6.07, 6.45) is 0.892. The van der Waals surface area contributed by atoms with E-state index in [9.17, 15) is 4.79 Å². The second-order valence-electron chi connectivity index (χ2n) is 5.40. The summed E-state index contributed by atoms with van der Waals surface area (Å²) in [5.74, 6) is -0.381. The molecule has 4 heteroatoms. The molecule has 0 saturated heterocycles. The summed E-state index contributed by atoms with van der Waals surface area (Å²) in [7, 11) is 0. The monoisotopic (exact) mass is 230 g/mol. The Bertz CT molecular complexity index is 239. The Morgan fingerprint density at radius 3 is 2.19 bits per heavy atom. The SMILES string of the molecule is CCC(C)(C)OCC(C)(NC(C)C)C(N)=O. The van der Waals surface area contributed by atoms with Crippen molar-refractivity contribution in [1.29, 1.82) is 0 Å². The van der Waals surface area contributed by atoms with Gasteiger partial charge in [0.15, 0.2) is 0 Å². The molecule has 0 fully saturated rings. The molecule has 96 valence electrons. The predicted octanol–water partition coefficient (Wildman–Crippen LogP) is 1.43. The molecule has 0 aromatic carbocycles. The van der Waals surface area contributed by atoms with Crippen LogP contribution in [0.15, 0.2) is 0 Å². The van der Waals surface area contributed by atoms with E-state index in [0.717, 1.165) is 6.42 Å². The number of nitrogens with one attached hydrogen (secondary N) is 1. The standard InChI is InChI=1S/C12H26N2O2/c1-7-11(4,5)16-8-12(6,10(13)15)14-9(2)3/h9,14H,7-8H2,1-6H3,(H2,13,15). The molecule has 16 heavy (non-hydrogen) atoms. The Labute approximate surface area is 98.9 Å². The zero-order valence-electron chi connectivity index (χ0n) is 11.4. The highest BCUT2D eigenvalue weighted by atomic mass is 16.5. The normalized spacial score (nSPS) is 16.2. The van der Waals surface area contributed by atoms with E-state index in [4.69, 9.17) is 10.5 Å². The maximum Gasteiger partial charge on any atom is 0.239 e. The number of ether oxygens (including phenoxy) is 1. The van der Waals surface area contributed by atoms with E-state index in [1.54, 1.807) is 6.92 Å². The molecule has 0 spiro atoms. The second-order valence-corrected chi connectivity index (χ2v) is 5.40. The quantitative estimate of drug-likeness (QED) is 0.695. The fourth-order valence-corrected chi connectivity index (χ4v) is 1.26. The minimum absolute atomic E-state index is 0.186. The van der Waals surface area contributed by atoms with E-state index in [1.807, 2.05) is 27.7 Å². The number of carbonyl (C=O) groups excluding carboxylic acids is 1. The highest BCUT2D eigenvalue weighted by Gasteiger charge is 2.33. The van der Waals surface area contributed by atoms with Crippen molar-refractivity contribution in [3.8, 4) is 0 Å². The maximum atomic E-state index is 11.4. The Kier molecular flexibility index (Phi) is 5.42. The molecule has 0 aliphatic carbocycles. The third-order valence-electron chi connectivity index (χ3n) is 2.75. The number of rotatable bonds is 7.